The van der Waals surface area contributed by atoms with Crippen molar-refractivity contribution in [1.82, 2.24) is 4.90 Å². The van der Waals surface area contributed by atoms with Crippen molar-refractivity contribution in [3.63, 3.8) is 0 Å². The van der Waals surface area contributed by atoms with Crippen LogP contribution in [0.5, 0.6) is 11.5 Å². The summed E-state index contributed by atoms with van der Waals surface area (Å²) in [5.41, 5.74) is 1.10. The first-order valence-electron chi connectivity index (χ1n) is 11.0. The second-order valence-electron chi connectivity index (χ2n) is 7.66. The second kappa shape index (κ2) is 10.5. The summed E-state index contributed by atoms with van der Waals surface area (Å²) in [6, 6.07) is 10.9. The standard InChI is InChI=1S/C23H21N5O7S2/c1-3-34-19-12-15(7-10-18(19)35-13-14-5-8-16(9-6-14)28(30)31)11-17-20(24)27-22(25-21(17)29)36-26-23(27)37(32,33)4-2/h5-12,24H,3-4,13H2,1-2H3/b17-11-,24-20?. The zero-order chi connectivity index (χ0) is 26.7. The highest BCUT2D eigenvalue weighted by Gasteiger charge is 2.42. The molecule has 0 saturated heterocycles. The topological polar surface area (TPSA) is 165 Å². The third-order valence-electron chi connectivity index (χ3n) is 5.27. The van der Waals surface area contributed by atoms with Crippen LogP contribution in [0.2, 0.25) is 0 Å². The number of rotatable bonds is 8. The molecular formula is C23H21N5O7S2. The molecule has 0 bridgehead atoms. The van der Waals surface area contributed by atoms with E-state index in [2.05, 4.69) is 9.39 Å². The van der Waals surface area contributed by atoms with Crippen molar-refractivity contribution in [2.45, 2.75) is 20.5 Å². The number of nitro groups is 1. The van der Waals surface area contributed by atoms with Gasteiger partial charge in [-0.15, -0.1) is 0 Å². The molecule has 4 rings (SSSR count). The third kappa shape index (κ3) is 5.39. The van der Waals surface area contributed by atoms with Gasteiger partial charge in [0.1, 0.15) is 12.4 Å². The molecular weight excluding hydrogens is 522 g/mol. The van der Waals surface area contributed by atoms with Gasteiger partial charge in [0.05, 0.1) is 34.8 Å². The highest BCUT2D eigenvalue weighted by Crippen LogP contribution is 2.33. The SMILES string of the molecule is CCOc1cc(/C=C2/C(=N)N3C(=NC2=O)SN=C3S(=O)(=O)CC)ccc1OCc1ccc([N+](=O)[O-])cc1. The minimum Gasteiger partial charge on any atom is -0.490 e. The van der Waals surface area contributed by atoms with E-state index in [9.17, 15) is 23.3 Å². The molecule has 0 unspecified atom stereocenters. The Morgan fingerprint density at radius 2 is 1.86 bits per heavy atom. The maximum absolute atomic E-state index is 12.6. The number of nitro benzene ring substituents is 1. The number of amides is 1. The first-order valence-corrected chi connectivity index (χ1v) is 13.4. The van der Waals surface area contributed by atoms with Crippen molar-refractivity contribution in [2.24, 2.45) is 9.39 Å². The molecule has 14 heteroatoms. The summed E-state index contributed by atoms with van der Waals surface area (Å²) in [6.45, 7) is 3.73. The number of non-ortho nitro benzene ring substituents is 1. The molecule has 0 saturated carbocycles. The summed E-state index contributed by atoms with van der Waals surface area (Å²) in [5.74, 6) is -0.453. The molecule has 1 N–H and O–H groups in total. The zero-order valence-corrected chi connectivity index (χ0v) is 21.3. The third-order valence-corrected chi connectivity index (χ3v) is 7.68. The first kappa shape index (κ1) is 26.0. The van der Waals surface area contributed by atoms with Crippen LogP contribution in [0.1, 0.15) is 25.0 Å². The Morgan fingerprint density at radius 1 is 1.14 bits per heavy atom. The molecule has 0 radical (unpaired) electrons. The van der Waals surface area contributed by atoms with Crippen LogP contribution in [-0.2, 0) is 21.2 Å². The maximum Gasteiger partial charge on any atom is 0.283 e. The minimum atomic E-state index is -3.75. The summed E-state index contributed by atoms with van der Waals surface area (Å²) in [7, 11) is -3.75. The number of nitrogens with one attached hydrogen (secondary N) is 1. The van der Waals surface area contributed by atoms with E-state index >= 15 is 0 Å². The average molecular weight is 544 g/mol. The largest absolute Gasteiger partial charge is 0.490 e. The molecule has 0 spiro atoms. The van der Waals surface area contributed by atoms with Gasteiger partial charge in [0.2, 0.25) is 20.2 Å². The van der Waals surface area contributed by atoms with Crippen LogP contribution in [0.3, 0.4) is 0 Å². The predicted octanol–water partition coefficient (Wildman–Crippen LogP) is 3.58. The number of hydrogen-bond donors (Lipinski definition) is 1. The van der Waals surface area contributed by atoms with Gasteiger partial charge in [0, 0.05) is 12.1 Å². The quantitative estimate of drug-likeness (QED) is 0.227. The van der Waals surface area contributed by atoms with Crippen molar-refractivity contribution >= 4 is 55.6 Å². The van der Waals surface area contributed by atoms with Crippen LogP contribution in [0.15, 0.2) is 57.4 Å². The Hall–Kier alpha value is -4.04. The van der Waals surface area contributed by atoms with E-state index in [4.69, 9.17) is 14.9 Å². The van der Waals surface area contributed by atoms with E-state index in [-0.39, 0.29) is 39.8 Å². The van der Waals surface area contributed by atoms with Crippen LogP contribution in [-0.4, -0.2) is 52.7 Å². The number of amidine groups is 3. The van der Waals surface area contributed by atoms with Gasteiger partial charge in [-0.1, -0.05) is 13.0 Å². The normalized spacial score (nSPS) is 16.4. The Bertz CT molecular complexity index is 1480. The first-order chi connectivity index (χ1) is 17.6. The van der Waals surface area contributed by atoms with Gasteiger partial charge in [-0.2, -0.15) is 9.39 Å². The van der Waals surface area contributed by atoms with Gasteiger partial charge in [0.15, 0.2) is 11.5 Å². The molecule has 0 aliphatic carbocycles. The van der Waals surface area contributed by atoms with Crippen molar-refractivity contribution < 1.29 is 27.6 Å². The summed E-state index contributed by atoms with van der Waals surface area (Å²) >= 11 is 0.735. The van der Waals surface area contributed by atoms with Gasteiger partial charge >= 0.3 is 0 Å². The summed E-state index contributed by atoms with van der Waals surface area (Å²) in [6.07, 6.45) is 1.42. The number of aliphatic imine (C=N–C) groups is 1. The molecule has 192 valence electrons. The summed E-state index contributed by atoms with van der Waals surface area (Å²) < 4.78 is 40.3. The number of ether oxygens (including phenoxy) is 2. The van der Waals surface area contributed by atoms with E-state index in [1.54, 1.807) is 37.3 Å². The van der Waals surface area contributed by atoms with Crippen LogP contribution in [0, 0.1) is 15.5 Å². The maximum atomic E-state index is 12.6. The molecule has 0 aromatic heterocycles. The molecule has 0 atom stereocenters. The molecule has 12 nitrogen and oxygen atoms in total. The number of sulfone groups is 1. The molecule has 2 heterocycles. The van der Waals surface area contributed by atoms with Crippen molar-refractivity contribution in [3.05, 3.63) is 69.3 Å². The van der Waals surface area contributed by atoms with E-state index in [0.717, 1.165) is 22.4 Å². The lowest BCUT2D eigenvalue weighted by atomic mass is 10.1. The number of hydrogen-bond acceptors (Lipinski definition) is 10. The van der Waals surface area contributed by atoms with E-state index in [0.29, 0.717) is 23.7 Å². The lowest BCUT2D eigenvalue weighted by Gasteiger charge is -2.24. The van der Waals surface area contributed by atoms with E-state index in [1.807, 2.05) is 0 Å². The molecule has 1 amide bonds. The fourth-order valence-electron chi connectivity index (χ4n) is 3.37. The number of fused-ring (bicyclic) bond motifs is 1. The van der Waals surface area contributed by atoms with Crippen LogP contribution in [0.4, 0.5) is 5.69 Å². The van der Waals surface area contributed by atoms with Crippen molar-refractivity contribution in [1.29, 1.82) is 5.41 Å². The molecule has 2 aliphatic heterocycles. The number of carbonyl (C=O) groups excluding carboxylic acids is 1. The fraction of sp³-hybridized carbons (Fsp3) is 0.217. The summed E-state index contributed by atoms with van der Waals surface area (Å²) in [5, 5.41) is 19.0. The molecule has 2 aliphatic rings. The van der Waals surface area contributed by atoms with Crippen LogP contribution in [0.25, 0.3) is 6.08 Å². The zero-order valence-electron chi connectivity index (χ0n) is 19.7. The van der Waals surface area contributed by atoms with Crippen LogP contribution >= 0.6 is 11.9 Å². The smallest absolute Gasteiger partial charge is 0.283 e. The van der Waals surface area contributed by atoms with Crippen molar-refractivity contribution in [3.8, 4) is 11.5 Å². The van der Waals surface area contributed by atoms with Crippen LogP contribution < -0.4 is 9.47 Å². The highest BCUT2D eigenvalue weighted by atomic mass is 32.2. The number of carbonyl (C=O) groups is 1. The monoisotopic (exact) mass is 543 g/mol. The Labute approximate surface area is 216 Å². The van der Waals surface area contributed by atoms with Gasteiger partial charge in [-0.05, 0) is 48.4 Å². The summed E-state index contributed by atoms with van der Waals surface area (Å²) in [4.78, 5) is 28.0. The lowest BCUT2D eigenvalue weighted by molar-refractivity contribution is -0.384. The Kier molecular flexibility index (Phi) is 7.40. The van der Waals surface area contributed by atoms with Gasteiger partial charge in [-0.3, -0.25) is 20.3 Å². The molecule has 0 fully saturated rings. The van der Waals surface area contributed by atoms with E-state index in [1.165, 1.54) is 25.1 Å². The minimum absolute atomic E-state index is 0.0178. The number of nitrogens with zero attached hydrogens (tertiary/aromatic N) is 4. The lowest BCUT2D eigenvalue weighted by Crippen LogP contribution is -2.45. The van der Waals surface area contributed by atoms with E-state index < -0.39 is 20.7 Å². The highest BCUT2D eigenvalue weighted by molar-refractivity contribution is 8.16. The Balaban J connectivity index is 1.59. The van der Waals surface area contributed by atoms with Gasteiger partial charge in [-0.25, -0.2) is 13.3 Å². The van der Waals surface area contributed by atoms with Crippen molar-refractivity contribution in [2.75, 3.05) is 12.4 Å². The molecule has 2 aromatic carbocycles. The average Bonchev–Trinajstić information content (AvgIpc) is 3.31. The fourth-order valence-corrected chi connectivity index (χ4v) is 5.34. The van der Waals surface area contributed by atoms with Gasteiger partial charge in [0.25, 0.3) is 11.6 Å². The Morgan fingerprint density at radius 3 is 2.51 bits per heavy atom. The number of benzene rings is 2. The molecule has 2 aromatic rings. The van der Waals surface area contributed by atoms with Gasteiger partial charge < -0.3 is 9.47 Å². The second-order valence-corrected chi connectivity index (χ2v) is 10.6. The predicted molar refractivity (Wildman–Crippen MR) is 140 cm³/mol. The molecule has 37 heavy (non-hydrogen) atoms.